The van der Waals surface area contributed by atoms with Crippen molar-refractivity contribution in [3.05, 3.63) is 0 Å². The van der Waals surface area contributed by atoms with Gasteiger partial charge in [0.2, 0.25) is 0 Å². The fourth-order valence-corrected chi connectivity index (χ4v) is 3.76. The van der Waals surface area contributed by atoms with Crippen LogP contribution in [0, 0.1) is 5.41 Å². The van der Waals surface area contributed by atoms with Gasteiger partial charge in [0.05, 0.1) is 0 Å². The van der Waals surface area contributed by atoms with Gasteiger partial charge in [-0.15, -0.1) is 0 Å². The first-order chi connectivity index (χ1) is 10.2. The molecule has 1 amide bonds. The Morgan fingerprint density at radius 1 is 1.23 bits per heavy atom. The Morgan fingerprint density at radius 2 is 1.95 bits per heavy atom. The highest BCUT2D eigenvalue weighted by Gasteiger charge is 2.35. The Hall–Kier alpha value is -0.770. The van der Waals surface area contributed by atoms with Gasteiger partial charge in [0.15, 0.2) is 0 Å². The number of carbonyl (C=O) groups excluding carboxylic acids is 1. The molecule has 2 unspecified atom stereocenters. The van der Waals surface area contributed by atoms with Gasteiger partial charge in [0, 0.05) is 25.2 Å². The Bertz CT molecular complexity index is 387. The van der Waals surface area contributed by atoms with E-state index >= 15 is 0 Å². The topological polar surface area (TPSA) is 41.6 Å². The van der Waals surface area contributed by atoms with Crippen LogP contribution in [0.1, 0.15) is 73.1 Å². The average Bonchev–Trinajstić information content (AvgIpc) is 2.83. The van der Waals surface area contributed by atoms with Crippen molar-refractivity contribution in [1.82, 2.24) is 10.2 Å². The van der Waals surface area contributed by atoms with E-state index in [-0.39, 0.29) is 12.1 Å². The summed E-state index contributed by atoms with van der Waals surface area (Å²) in [6.07, 6.45) is 7.23. The number of hydrogen-bond acceptors (Lipinski definition) is 3. The normalized spacial score (nSPS) is 28.7. The minimum atomic E-state index is -0.414. The molecule has 4 heteroatoms. The number of carbonyl (C=O) groups is 1. The van der Waals surface area contributed by atoms with Gasteiger partial charge in [0.1, 0.15) is 5.60 Å². The summed E-state index contributed by atoms with van der Waals surface area (Å²) in [4.78, 5) is 14.3. The highest BCUT2D eigenvalue weighted by molar-refractivity contribution is 5.69. The summed E-state index contributed by atoms with van der Waals surface area (Å²) in [5, 5.41) is 3.75. The van der Waals surface area contributed by atoms with Crippen molar-refractivity contribution in [2.24, 2.45) is 5.41 Å². The summed E-state index contributed by atoms with van der Waals surface area (Å²) in [6.45, 7) is 12.2. The van der Waals surface area contributed by atoms with Crippen molar-refractivity contribution >= 4 is 6.09 Å². The molecule has 0 aromatic carbocycles. The zero-order valence-electron chi connectivity index (χ0n) is 15.1. The molecular formula is C18H34N2O2. The third-order valence-corrected chi connectivity index (χ3v) is 5.11. The lowest BCUT2D eigenvalue weighted by atomic mass is 9.73. The maximum absolute atomic E-state index is 12.3. The Kier molecular flexibility index (Phi) is 5.41. The molecule has 1 aliphatic heterocycles. The largest absolute Gasteiger partial charge is 0.444 e. The number of hydrogen-bond donors (Lipinski definition) is 1. The third kappa shape index (κ3) is 4.61. The number of rotatable bonds is 3. The van der Waals surface area contributed by atoms with Crippen LogP contribution in [0.15, 0.2) is 0 Å². The van der Waals surface area contributed by atoms with E-state index < -0.39 is 5.60 Å². The van der Waals surface area contributed by atoms with Crippen LogP contribution < -0.4 is 5.32 Å². The lowest BCUT2D eigenvalue weighted by Gasteiger charge is -2.40. The van der Waals surface area contributed by atoms with E-state index in [0.717, 1.165) is 25.9 Å². The molecule has 1 saturated heterocycles. The van der Waals surface area contributed by atoms with E-state index in [2.05, 4.69) is 19.2 Å². The number of nitrogens with zero attached hydrogens (tertiary/aromatic N) is 1. The van der Waals surface area contributed by atoms with Gasteiger partial charge in [-0.05, 0) is 51.9 Å². The van der Waals surface area contributed by atoms with Gasteiger partial charge in [0.25, 0.3) is 0 Å². The molecule has 0 aromatic heterocycles. The number of nitrogens with one attached hydrogen (secondary N) is 1. The number of ether oxygens (including phenoxy) is 1. The molecule has 0 bridgehead atoms. The zero-order chi connectivity index (χ0) is 16.4. The molecule has 1 N–H and O–H groups in total. The summed E-state index contributed by atoms with van der Waals surface area (Å²) in [7, 11) is 0. The standard InChI is InChI=1S/C18H34N2O2/c1-17(2,3)22-16(21)20-12-8-9-14(20)13-19-15-10-6-7-11-18(15,4)5/h14-15,19H,6-13H2,1-5H3. The second kappa shape index (κ2) is 6.77. The van der Waals surface area contributed by atoms with E-state index in [1.54, 1.807) is 0 Å². The molecule has 22 heavy (non-hydrogen) atoms. The van der Waals surface area contributed by atoms with Crippen LogP contribution in [0.25, 0.3) is 0 Å². The van der Waals surface area contributed by atoms with Crippen molar-refractivity contribution in [3.8, 4) is 0 Å². The first kappa shape index (κ1) is 17.6. The minimum absolute atomic E-state index is 0.153. The molecule has 2 atom stereocenters. The minimum Gasteiger partial charge on any atom is -0.444 e. The zero-order valence-corrected chi connectivity index (χ0v) is 15.1. The Morgan fingerprint density at radius 3 is 2.59 bits per heavy atom. The fraction of sp³-hybridized carbons (Fsp3) is 0.944. The monoisotopic (exact) mass is 310 g/mol. The van der Waals surface area contributed by atoms with Gasteiger partial charge < -0.3 is 15.0 Å². The lowest BCUT2D eigenvalue weighted by Crippen LogP contribution is -2.50. The first-order valence-corrected chi connectivity index (χ1v) is 8.92. The molecule has 2 aliphatic rings. The van der Waals surface area contributed by atoms with E-state index in [9.17, 15) is 4.79 Å². The third-order valence-electron chi connectivity index (χ3n) is 5.11. The molecule has 0 aromatic rings. The van der Waals surface area contributed by atoms with Crippen LogP contribution in [0.5, 0.6) is 0 Å². The molecule has 0 radical (unpaired) electrons. The SMILES string of the molecule is CC(C)(C)OC(=O)N1CCCC1CNC1CCCCC1(C)C. The maximum atomic E-state index is 12.3. The average molecular weight is 310 g/mol. The van der Waals surface area contributed by atoms with E-state index in [4.69, 9.17) is 4.74 Å². The smallest absolute Gasteiger partial charge is 0.410 e. The van der Waals surface area contributed by atoms with Gasteiger partial charge in [-0.25, -0.2) is 4.79 Å². The Balaban J connectivity index is 1.87. The molecule has 1 saturated carbocycles. The second-order valence-corrected chi connectivity index (χ2v) is 8.66. The van der Waals surface area contributed by atoms with Crippen LogP contribution in [0.3, 0.4) is 0 Å². The van der Waals surface area contributed by atoms with Crippen molar-refractivity contribution in [2.45, 2.75) is 90.8 Å². The first-order valence-electron chi connectivity index (χ1n) is 8.92. The highest BCUT2D eigenvalue weighted by atomic mass is 16.6. The highest BCUT2D eigenvalue weighted by Crippen LogP contribution is 2.35. The summed E-state index contributed by atoms with van der Waals surface area (Å²) in [5.41, 5.74) is -0.0450. The van der Waals surface area contributed by atoms with Gasteiger partial charge in [-0.3, -0.25) is 0 Å². The maximum Gasteiger partial charge on any atom is 0.410 e. The molecule has 128 valence electrons. The molecule has 1 heterocycles. The van der Waals surface area contributed by atoms with E-state index in [0.29, 0.717) is 11.5 Å². The molecule has 2 fully saturated rings. The van der Waals surface area contributed by atoms with Gasteiger partial charge in [-0.1, -0.05) is 26.7 Å². The summed E-state index contributed by atoms with van der Waals surface area (Å²) < 4.78 is 5.54. The summed E-state index contributed by atoms with van der Waals surface area (Å²) in [6, 6.07) is 0.856. The number of amides is 1. The summed E-state index contributed by atoms with van der Waals surface area (Å²) >= 11 is 0. The van der Waals surface area contributed by atoms with Crippen LogP contribution in [-0.4, -0.2) is 41.8 Å². The van der Waals surface area contributed by atoms with Crippen LogP contribution in [-0.2, 0) is 4.74 Å². The predicted octanol–water partition coefficient (Wildman–Crippen LogP) is 3.94. The van der Waals surface area contributed by atoms with Crippen LogP contribution in [0.2, 0.25) is 0 Å². The predicted molar refractivity (Wildman–Crippen MR) is 90.0 cm³/mol. The molecular weight excluding hydrogens is 276 g/mol. The molecule has 0 spiro atoms. The van der Waals surface area contributed by atoms with Crippen molar-refractivity contribution < 1.29 is 9.53 Å². The number of likely N-dealkylation sites (tertiary alicyclic amines) is 1. The van der Waals surface area contributed by atoms with Crippen LogP contribution in [0.4, 0.5) is 4.79 Å². The molecule has 1 aliphatic carbocycles. The van der Waals surface area contributed by atoms with Crippen molar-refractivity contribution in [1.29, 1.82) is 0 Å². The fourth-order valence-electron chi connectivity index (χ4n) is 3.76. The quantitative estimate of drug-likeness (QED) is 0.858. The van der Waals surface area contributed by atoms with Gasteiger partial charge in [-0.2, -0.15) is 0 Å². The van der Waals surface area contributed by atoms with E-state index in [1.165, 1.54) is 25.7 Å². The molecule has 2 rings (SSSR count). The van der Waals surface area contributed by atoms with Crippen molar-refractivity contribution in [3.63, 3.8) is 0 Å². The summed E-state index contributed by atoms with van der Waals surface area (Å²) in [5.74, 6) is 0. The second-order valence-electron chi connectivity index (χ2n) is 8.66. The Labute approximate surface area is 136 Å². The van der Waals surface area contributed by atoms with E-state index in [1.807, 2.05) is 25.7 Å². The van der Waals surface area contributed by atoms with Crippen LogP contribution >= 0.6 is 0 Å². The van der Waals surface area contributed by atoms with Crippen molar-refractivity contribution in [2.75, 3.05) is 13.1 Å². The van der Waals surface area contributed by atoms with Gasteiger partial charge >= 0.3 is 6.09 Å². The lowest BCUT2D eigenvalue weighted by molar-refractivity contribution is 0.0219. The molecule has 4 nitrogen and oxygen atoms in total.